The Hall–Kier alpha value is -2.13. The molecule has 0 bridgehead atoms. The van der Waals surface area contributed by atoms with Crippen molar-refractivity contribution < 1.29 is 15.2 Å². The fourth-order valence-corrected chi connectivity index (χ4v) is 3.38. The lowest BCUT2D eigenvalue weighted by Crippen LogP contribution is -2.90. The summed E-state index contributed by atoms with van der Waals surface area (Å²) < 4.78 is 0. The largest absolute Gasteiger partial charge is 0.544 e. The SMILES string of the molecule is O=C([O-])[C@@H]1C[C@@H](C(c2ccccc2)c2ccccc2)C[NH2+]1. The maximum absolute atomic E-state index is 11.1. The molecule has 0 unspecified atom stereocenters. The summed E-state index contributed by atoms with van der Waals surface area (Å²) in [6, 6.07) is 20.3. The molecule has 0 aliphatic carbocycles. The Morgan fingerprint density at radius 1 is 1.00 bits per heavy atom. The Morgan fingerprint density at radius 2 is 1.52 bits per heavy atom. The van der Waals surface area contributed by atoms with E-state index in [1.165, 1.54) is 11.1 Å². The van der Waals surface area contributed by atoms with Crippen molar-refractivity contribution in [3.8, 4) is 0 Å². The number of hydrogen-bond acceptors (Lipinski definition) is 2. The summed E-state index contributed by atoms with van der Waals surface area (Å²) in [7, 11) is 0. The summed E-state index contributed by atoms with van der Waals surface area (Å²) in [4.78, 5) is 11.1. The van der Waals surface area contributed by atoms with Crippen LogP contribution in [0.2, 0.25) is 0 Å². The van der Waals surface area contributed by atoms with Gasteiger partial charge in [-0.3, -0.25) is 0 Å². The van der Waals surface area contributed by atoms with E-state index in [4.69, 9.17) is 0 Å². The Kier molecular flexibility index (Phi) is 4.02. The van der Waals surface area contributed by atoms with Crippen molar-refractivity contribution in [2.45, 2.75) is 18.4 Å². The van der Waals surface area contributed by atoms with Crippen LogP contribution in [0.25, 0.3) is 0 Å². The summed E-state index contributed by atoms with van der Waals surface area (Å²) in [6.45, 7) is 0.826. The van der Waals surface area contributed by atoms with Crippen molar-refractivity contribution >= 4 is 5.97 Å². The van der Waals surface area contributed by atoms with E-state index >= 15 is 0 Å². The van der Waals surface area contributed by atoms with Gasteiger partial charge in [-0.1, -0.05) is 60.7 Å². The average molecular weight is 281 g/mol. The number of carboxylic acids is 1. The second-order valence-electron chi connectivity index (χ2n) is 5.69. The lowest BCUT2D eigenvalue weighted by Gasteiger charge is -2.22. The second-order valence-corrected chi connectivity index (χ2v) is 5.69. The third kappa shape index (κ3) is 2.98. The number of rotatable bonds is 4. The number of benzene rings is 2. The van der Waals surface area contributed by atoms with Crippen LogP contribution >= 0.6 is 0 Å². The first-order valence-electron chi connectivity index (χ1n) is 7.40. The molecule has 1 aliphatic heterocycles. The Morgan fingerprint density at radius 3 is 1.95 bits per heavy atom. The van der Waals surface area contributed by atoms with Crippen molar-refractivity contribution in [2.75, 3.05) is 6.54 Å². The van der Waals surface area contributed by atoms with Crippen molar-refractivity contribution in [2.24, 2.45) is 5.92 Å². The van der Waals surface area contributed by atoms with Gasteiger partial charge in [-0.15, -0.1) is 0 Å². The summed E-state index contributed by atoms with van der Waals surface area (Å²) >= 11 is 0. The minimum atomic E-state index is -0.947. The number of hydrogen-bond donors (Lipinski definition) is 1. The van der Waals surface area contributed by atoms with E-state index in [1.54, 1.807) is 0 Å². The molecule has 3 rings (SSSR count). The van der Waals surface area contributed by atoms with E-state index in [9.17, 15) is 9.90 Å². The highest BCUT2D eigenvalue weighted by molar-refractivity contribution is 5.69. The first-order valence-corrected chi connectivity index (χ1v) is 7.40. The monoisotopic (exact) mass is 281 g/mol. The van der Waals surface area contributed by atoms with Gasteiger partial charge in [0.15, 0.2) is 0 Å². The zero-order chi connectivity index (χ0) is 14.7. The molecule has 1 saturated heterocycles. The van der Waals surface area contributed by atoms with Gasteiger partial charge in [0.2, 0.25) is 0 Å². The second kappa shape index (κ2) is 6.10. The summed E-state index contributed by atoms with van der Waals surface area (Å²) in [5.74, 6) is -0.386. The highest BCUT2D eigenvalue weighted by atomic mass is 16.4. The first-order chi connectivity index (χ1) is 10.3. The number of aliphatic carboxylic acids is 1. The number of carboxylic acid groups (broad SMARTS) is 1. The third-order valence-electron chi connectivity index (χ3n) is 4.37. The molecule has 21 heavy (non-hydrogen) atoms. The van der Waals surface area contributed by atoms with Crippen LogP contribution in [0.5, 0.6) is 0 Å². The molecule has 2 atom stereocenters. The van der Waals surface area contributed by atoms with Crippen LogP contribution in [-0.4, -0.2) is 18.6 Å². The minimum Gasteiger partial charge on any atom is -0.544 e. The molecule has 3 heteroatoms. The molecule has 1 fully saturated rings. The Balaban J connectivity index is 1.93. The molecule has 1 aliphatic rings. The predicted octanol–water partition coefficient (Wildman–Crippen LogP) is 0.520. The van der Waals surface area contributed by atoms with Gasteiger partial charge in [-0.2, -0.15) is 0 Å². The molecule has 3 nitrogen and oxygen atoms in total. The summed E-state index contributed by atoms with van der Waals surface area (Å²) in [5.41, 5.74) is 2.50. The van der Waals surface area contributed by atoms with E-state index in [0.29, 0.717) is 12.3 Å². The van der Waals surface area contributed by atoms with Crippen molar-refractivity contribution in [3.05, 3.63) is 71.8 Å². The lowest BCUT2D eigenvalue weighted by atomic mass is 9.79. The van der Waals surface area contributed by atoms with Gasteiger partial charge in [-0.05, 0) is 11.1 Å². The van der Waals surface area contributed by atoms with E-state index < -0.39 is 12.0 Å². The Labute approximate surface area is 124 Å². The van der Waals surface area contributed by atoms with Gasteiger partial charge in [0.1, 0.15) is 6.04 Å². The summed E-state index contributed by atoms with van der Waals surface area (Å²) in [6.07, 6.45) is 0.663. The maximum atomic E-state index is 11.1. The van der Waals surface area contributed by atoms with Crippen LogP contribution in [0.3, 0.4) is 0 Å². The van der Waals surface area contributed by atoms with Crippen LogP contribution in [-0.2, 0) is 4.79 Å². The van der Waals surface area contributed by atoms with Gasteiger partial charge in [0.25, 0.3) is 0 Å². The molecular formula is C18H19NO2. The van der Waals surface area contributed by atoms with Gasteiger partial charge in [0, 0.05) is 18.3 Å². The standard InChI is InChI=1S/C18H19NO2/c20-18(21)16-11-15(12-19-16)17(13-7-3-1-4-8-13)14-9-5-2-6-10-14/h1-10,15-17,19H,11-12H2,(H,20,21)/t15-,16+/m1/s1. The van der Waals surface area contributed by atoms with Crippen LogP contribution in [0.1, 0.15) is 23.5 Å². The molecule has 0 aromatic heterocycles. The molecule has 0 amide bonds. The third-order valence-corrected chi connectivity index (χ3v) is 4.37. The molecule has 1 heterocycles. The molecular weight excluding hydrogens is 262 g/mol. The first kappa shape index (κ1) is 13.8. The average Bonchev–Trinajstić information content (AvgIpc) is 3.00. The molecule has 108 valence electrons. The highest BCUT2D eigenvalue weighted by Crippen LogP contribution is 2.34. The van der Waals surface area contributed by atoms with Gasteiger partial charge in [0.05, 0.1) is 12.5 Å². The zero-order valence-corrected chi connectivity index (χ0v) is 11.8. The number of quaternary nitrogens is 1. The smallest absolute Gasteiger partial charge is 0.127 e. The van der Waals surface area contributed by atoms with E-state index in [-0.39, 0.29) is 5.92 Å². The predicted molar refractivity (Wildman–Crippen MR) is 78.4 cm³/mol. The van der Waals surface area contributed by atoms with Crippen LogP contribution < -0.4 is 10.4 Å². The molecule has 0 spiro atoms. The topological polar surface area (TPSA) is 56.7 Å². The number of carbonyl (C=O) groups excluding carboxylic acids is 1. The van der Waals surface area contributed by atoms with Crippen molar-refractivity contribution in [1.29, 1.82) is 0 Å². The van der Waals surface area contributed by atoms with Crippen LogP contribution in [0.15, 0.2) is 60.7 Å². The van der Waals surface area contributed by atoms with Crippen LogP contribution in [0.4, 0.5) is 0 Å². The number of carbonyl (C=O) groups is 1. The molecule has 0 radical (unpaired) electrons. The maximum Gasteiger partial charge on any atom is 0.127 e. The molecule has 0 saturated carbocycles. The lowest BCUT2D eigenvalue weighted by molar-refractivity contribution is -0.666. The minimum absolute atomic E-state index is 0.244. The normalized spacial score (nSPS) is 21.6. The van der Waals surface area contributed by atoms with Gasteiger partial charge < -0.3 is 15.2 Å². The van der Waals surface area contributed by atoms with E-state index in [1.807, 2.05) is 41.7 Å². The fourth-order valence-electron chi connectivity index (χ4n) is 3.38. The van der Waals surface area contributed by atoms with Crippen LogP contribution in [0, 0.1) is 5.92 Å². The molecule has 2 aromatic carbocycles. The quantitative estimate of drug-likeness (QED) is 0.888. The molecule has 2 N–H and O–H groups in total. The van der Waals surface area contributed by atoms with E-state index in [0.717, 1.165) is 6.54 Å². The van der Waals surface area contributed by atoms with Gasteiger partial charge >= 0.3 is 0 Å². The van der Waals surface area contributed by atoms with E-state index in [2.05, 4.69) is 24.3 Å². The molecule has 2 aromatic rings. The highest BCUT2D eigenvalue weighted by Gasteiger charge is 2.35. The van der Waals surface area contributed by atoms with Crippen molar-refractivity contribution in [1.82, 2.24) is 0 Å². The van der Waals surface area contributed by atoms with Gasteiger partial charge in [-0.25, -0.2) is 0 Å². The summed E-state index contributed by atoms with van der Waals surface area (Å²) in [5, 5.41) is 13.0. The number of nitrogens with two attached hydrogens (primary N) is 1. The zero-order valence-electron chi connectivity index (χ0n) is 11.8. The fraction of sp³-hybridized carbons (Fsp3) is 0.278. The Bertz CT molecular complexity index is 558. The van der Waals surface area contributed by atoms with Crippen molar-refractivity contribution in [3.63, 3.8) is 0 Å².